The molecule has 5 rings (SSSR count). The molecule has 3 heterocycles. The highest BCUT2D eigenvalue weighted by Gasteiger charge is 2.36. The van der Waals surface area contributed by atoms with Gasteiger partial charge in [0.05, 0.1) is 21.8 Å². The zero-order chi connectivity index (χ0) is 21.7. The number of hydrogen-bond acceptors (Lipinski definition) is 6. The minimum atomic E-state index is -0.588. The van der Waals surface area contributed by atoms with Crippen molar-refractivity contribution in [1.29, 1.82) is 0 Å². The van der Waals surface area contributed by atoms with Crippen LogP contribution in [-0.4, -0.2) is 43.8 Å². The Morgan fingerprint density at radius 1 is 1.03 bits per heavy atom. The van der Waals surface area contributed by atoms with Gasteiger partial charge in [0.25, 0.3) is 17.8 Å². The van der Waals surface area contributed by atoms with Gasteiger partial charge in [-0.2, -0.15) is 4.98 Å². The van der Waals surface area contributed by atoms with Gasteiger partial charge in [-0.1, -0.05) is 35.3 Å². The summed E-state index contributed by atoms with van der Waals surface area (Å²) in [6.45, 7) is -0.438. The second-order valence-corrected chi connectivity index (χ2v) is 8.35. The van der Waals surface area contributed by atoms with Crippen molar-refractivity contribution >= 4 is 63.2 Å². The first-order chi connectivity index (χ1) is 14.9. The van der Waals surface area contributed by atoms with E-state index in [0.29, 0.717) is 26.3 Å². The molecule has 2 aromatic carbocycles. The summed E-state index contributed by atoms with van der Waals surface area (Å²) in [6, 6.07) is 11.5. The molecule has 0 spiro atoms. The number of nitrogens with one attached hydrogen (secondary N) is 1. The van der Waals surface area contributed by atoms with Crippen molar-refractivity contribution in [2.24, 2.45) is 0 Å². The van der Waals surface area contributed by atoms with Crippen molar-refractivity contribution < 1.29 is 14.4 Å². The minimum Gasteiger partial charge on any atom is -0.292 e. The van der Waals surface area contributed by atoms with E-state index in [0.717, 1.165) is 4.90 Å². The Kier molecular flexibility index (Phi) is 4.73. The molecule has 1 aliphatic heterocycles. The monoisotopic (exact) mass is 471 g/mol. The molecular weight excluding hydrogens is 461 g/mol. The molecule has 4 aromatic rings. The van der Waals surface area contributed by atoms with Crippen molar-refractivity contribution in [3.63, 3.8) is 0 Å². The quantitative estimate of drug-likeness (QED) is 0.453. The zero-order valence-electron chi connectivity index (χ0n) is 15.5. The molecule has 0 saturated carbocycles. The Morgan fingerprint density at radius 2 is 1.74 bits per heavy atom. The molecule has 154 valence electrons. The second-order valence-electron chi connectivity index (χ2n) is 6.67. The summed E-state index contributed by atoms with van der Waals surface area (Å²) in [7, 11) is 0. The lowest BCUT2D eigenvalue weighted by Crippen LogP contribution is -2.37. The number of anilines is 1. The first-order valence-corrected chi connectivity index (χ1v) is 10.6. The van der Waals surface area contributed by atoms with Crippen molar-refractivity contribution in [2.45, 2.75) is 0 Å². The minimum absolute atomic E-state index is 0.0489. The summed E-state index contributed by atoms with van der Waals surface area (Å²) in [5.74, 6) is -1.55. The van der Waals surface area contributed by atoms with Gasteiger partial charge in [0, 0.05) is 16.0 Å². The molecule has 3 amide bonds. The van der Waals surface area contributed by atoms with Gasteiger partial charge in [0.15, 0.2) is 0 Å². The first kappa shape index (κ1) is 19.7. The third kappa shape index (κ3) is 3.36. The van der Waals surface area contributed by atoms with Gasteiger partial charge in [-0.15, -0.1) is 16.4 Å². The number of rotatable bonds is 4. The van der Waals surface area contributed by atoms with E-state index in [1.807, 2.05) is 5.38 Å². The standard InChI is InChI=1S/C20H11Cl2N5O3S/c21-10-5-6-14(22)13(7-10)15-9-31-20-24-19(25-27(15)20)23-16(28)8-26-17(29)11-3-1-2-4-12(11)18(26)30/h1-7,9H,8H2,(H,23,25,28). The fraction of sp³-hybridized carbons (Fsp3) is 0.0500. The molecule has 0 atom stereocenters. The molecule has 0 saturated heterocycles. The van der Waals surface area contributed by atoms with Crippen LogP contribution in [-0.2, 0) is 4.79 Å². The van der Waals surface area contributed by atoms with Crippen molar-refractivity contribution in [1.82, 2.24) is 19.5 Å². The smallest absolute Gasteiger partial charge is 0.262 e. The highest BCUT2D eigenvalue weighted by Crippen LogP contribution is 2.33. The lowest BCUT2D eigenvalue weighted by atomic mass is 10.1. The SMILES string of the molecule is O=C(CN1C(=O)c2ccccc2C1=O)Nc1nc2scc(-c3cc(Cl)ccc3Cl)n2n1. The number of carbonyl (C=O) groups excluding carboxylic acids is 3. The average molecular weight is 472 g/mol. The Bertz CT molecular complexity index is 1360. The molecule has 0 fully saturated rings. The van der Waals surface area contributed by atoms with Gasteiger partial charge >= 0.3 is 0 Å². The topological polar surface area (TPSA) is 96.7 Å². The lowest BCUT2D eigenvalue weighted by Gasteiger charge is -2.12. The van der Waals surface area contributed by atoms with Crippen LogP contribution in [0.15, 0.2) is 47.8 Å². The molecule has 31 heavy (non-hydrogen) atoms. The molecule has 0 bridgehead atoms. The molecule has 1 aliphatic rings. The highest BCUT2D eigenvalue weighted by atomic mass is 35.5. The maximum absolute atomic E-state index is 12.5. The van der Waals surface area contributed by atoms with Gasteiger partial charge in [-0.05, 0) is 30.3 Å². The van der Waals surface area contributed by atoms with Crippen molar-refractivity contribution in [2.75, 3.05) is 11.9 Å². The van der Waals surface area contributed by atoms with Crippen LogP contribution in [0, 0.1) is 0 Å². The molecule has 11 heteroatoms. The number of halogens is 2. The number of amides is 3. The number of carbonyl (C=O) groups is 3. The fourth-order valence-electron chi connectivity index (χ4n) is 3.30. The predicted molar refractivity (Wildman–Crippen MR) is 117 cm³/mol. The molecule has 2 aromatic heterocycles. The molecular formula is C20H11Cl2N5O3S. The van der Waals surface area contributed by atoms with Crippen LogP contribution in [0.25, 0.3) is 16.2 Å². The normalized spacial score (nSPS) is 13.2. The molecule has 1 N–H and O–H groups in total. The van der Waals surface area contributed by atoms with Crippen LogP contribution in [0.3, 0.4) is 0 Å². The molecule has 0 aliphatic carbocycles. The van der Waals surface area contributed by atoms with Gasteiger partial charge in [-0.25, -0.2) is 4.52 Å². The van der Waals surface area contributed by atoms with Gasteiger partial charge in [0.2, 0.25) is 10.9 Å². The summed E-state index contributed by atoms with van der Waals surface area (Å²) in [5.41, 5.74) is 1.91. The number of benzene rings is 2. The van der Waals surface area contributed by atoms with Crippen LogP contribution >= 0.6 is 34.5 Å². The Labute approximate surface area is 189 Å². The van der Waals surface area contributed by atoms with Crippen LogP contribution < -0.4 is 5.32 Å². The Balaban J connectivity index is 1.36. The first-order valence-electron chi connectivity index (χ1n) is 8.97. The lowest BCUT2D eigenvalue weighted by molar-refractivity contribution is -0.116. The number of hydrogen-bond donors (Lipinski definition) is 1. The van der Waals surface area contributed by atoms with E-state index in [2.05, 4.69) is 15.4 Å². The predicted octanol–water partition coefficient (Wildman–Crippen LogP) is 4.00. The van der Waals surface area contributed by atoms with E-state index in [4.69, 9.17) is 23.2 Å². The van der Waals surface area contributed by atoms with E-state index in [1.54, 1.807) is 47.0 Å². The largest absolute Gasteiger partial charge is 0.292 e. The van der Waals surface area contributed by atoms with Crippen LogP contribution in [0.4, 0.5) is 5.95 Å². The van der Waals surface area contributed by atoms with Crippen LogP contribution in [0.5, 0.6) is 0 Å². The maximum Gasteiger partial charge on any atom is 0.262 e. The van der Waals surface area contributed by atoms with E-state index in [1.165, 1.54) is 11.3 Å². The number of aromatic nitrogens is 3. The number of imide groups is 1. The van der Waals surface area contributed by atoms with Gasteiger partial charge in [-0.3, -0.25) is 24.6 Å². The second kappa shape index (κ2) is 7.45. The summed E-state index contributed by atoms with van der Waals surface area (Å²) in [5, 5.41) is 9.69. The third-order valence-electron chi connectivity index (χ3n) is 4.72. The van der Waals surface area contributed by atoms with Crippen molar-refractivity contribution in [3.05, 3.63) is 69.0 Å². The Hall–Kier alpha value is -3.27. The summed E-state index contributed by atoms with van der Waals surface area (Å²) < 4.78 is 1.54. The van der Waals surface area contributed by atoms with Crippen LogP contribution in [0.2, 0.25) is 10.0 Å². The number of nitrogens with zero attached hydrogens (tertiary/aromatic N) is 4. The zero-order valence-corrected chi connectivity index (χ0v) is 17.8. The summed E-state index contributed by atoms with van der Waals surface area (Å²) >= 11 is 13.7. The summed E-state index contributed by atoms with van der Waals surface area (Å²) in [6.07, 6.45) is 0. The van der Waals surface area contributed by atoms with Crippen molar-refractivity contribution in [3.8, 4) is 11.3 Å². The number of fused-ring (bicyclic) bond motifs is 2. The average Bonchev–Trinajstić information content (AvgIpc) is 3.39. The van der Waals surface area contributed by atoms with E-state index >= 15 is 0 Å². The van der Waals surface area contributed by atoms with E-state index in [9.17, 15) is 14.4 Å². The number of thiazole rings is 1. The van der Waals surface area contributed by atoms with Gasteiger partial charge < -0.3 is 0 Å². The molecule has 0 radical (unpaired) electrons. The molecule has 8 nitrogen and oxygen atoms in total. The molecule has 0 unspecified atom stereocenters. The maximum atomic E-state index is 12.5. The van der Waals surface area contributed by atoms with Crippen LogP contribution in [0.1, 0.15) is 20.7 Å². The highest BCUT2D eigenvalue weighted by molar-refractivity contribution is 7.15. The third-order valence-corrected chi connectivity index (χ3v) is 6.10. The summed E-state index contributed by atoms with van der Waals surface area (Å²) in [4.78, 5) is 43.0. The van der Waals surface area contributed by atoms with E-state index < -0.39 is 24.3 Å². The Morgan fingerprint density at radius 3 is 2.45 bits per heavy atom. The van der Waals surface area contributed by atoms with Gasteiger partial charge in [0.1, 0.15) is 6.54 Å². The van der Waals surface area contributed by atoms with E-state index in [-0.39, 0.29) is 17.1 Å². The fourth-order valence-corrected chi connectivity index (χ4v) is 4.51.